The van der Waals surface area contributed by atoms with E-state index in [4.69, 9.17) is 5.11 Å². The van der Waals surface area contributed by atoms with Crippen LogP contribution in [0.3, 0.4) is 0 Å². The molecule has 0 spiro atoms. The van der Waals surface area contributed by atoms with Gasteiger partial charge >= 0.3 is 11.9 Å². The maximum atomic E-state index is 13.7. The van der Waals surface area contributed by atoms with Crippen LogP contribution in [-0.2, 0) is 9.59 Å². The van der Waals surface area contributed by atoms with Gasteiger partial charge in [-0.3, -0.25) is 9.59 Å². The fourth-order valence-electron chi connectivity index (χ4n) is 3.11. The fourth-order valence-corrected chi connectivity index (χ4v) is 3.11. The fraction of sp³-hybridized carbons (Fsp3) is 0.789. The summed E-state index contributed by atoms with van der Waals surface area (Å²) in [6.45, 7) is 2.45. The number of unbranched alkanes of at least 4 members (excludes halogenated alkanes) is 7. The molecular weight excluding hydrogens is 328 g/mol. The maximum Gasteiger partial charge on any atom is 0.327 e. The zero-order valence-corrected chi connectivity index (χ0v) is 15.2. The first-order chi connectivity index (χ1) is 11.9. The average Bonchev–Trinajstić information content (AvgIpc) is 2.76. The van der Waals surface area contributed by atoms with Gasteiger partial charge in [-0.05, 0) is 25.7 Å². The molecule has 0 aliphatic carbocycles. The van der Waals surface area contributed by atoms with E-state index in [0.717, 1.165) is 38.5 Å². The molecule has 4 nitrogen and oxygen atoms in total. The summed E-state index contributed by atoms with van der Waals surface area (Å²) in [4.78, 5) is 23.6. The van der Waals surface area contributed by atoms with Crippen LogP contribution in [-0.4, -0.2) is 40.4 Å². The zero-order chi connectivity index (χ0) is 18.7. The predicted molar refractivity (Wildman–Crippen MR) is 93.7 cm³/mol. The number of alkyl halides is 2. The number of carboxylic acid groups (broad SMARTS) is 1. The van der Waals surface area contributed by atoms with Gasteiger partial charge in [0.15, 0.2) is 0 Å². The number of allylic oxidation sites excluding steroid dienone is 1. The Morgan fingerprint density at radius 3 is 2.56 bits per heavy atom. The number of carbonyl (C=O) groups is 2. The maximum absolute atomic E-state index is 13.7. The minimum atomic E-state index is -3.26. The van der Waals surface area contributed by atoms with Crippen molar-refractivity contribution in [3.63, 3.8) is 0 Å². The molecule has 1 saturated heterocycles. The van der Waals surface area contributed by atoms with E-state index < -0.39 is 30.3 Å². The summed E-state index contributed by atoms with van der Waals surface area (Å²) in [5.41, 5.74) is 0. The van der Waals surface area contributed by atoms with E-state index in [1.54, 1.807) is 6.08 Å². The Balaban J connectivity index is 2.39. The molecule has 1 unspecified atom stereocenters. The zero-order valence-electron chi connectivity index (χ0n) is 15.2. The Bertz CT molecular complexity index is 452. The molecule has 1 heterocycles. The number of carboxylic acids is 1. The number of hydrogen-bond acceptors (Lipinski definition) is 2. The molecule has 1 aliphatic heterocycles. The number of likely N-dealkylation sites (tertiary alicyclic amines) is 1. The highest BCUT2D eigenvalue weighted by Crippen LogP contribution is 2.34. The second kappa shape index (κ2) is 11.2. The van der Waals surface area contributed by atoms with Gasteiger partial charge in [0.1, 0.15) is 0 Å². The van der Waals surface area contributed by atoms with E-state index in [1.165, 1.54) is 11.3 Å². The molecule has 1 amide bonds. The quantitative estimate of drug-likeness (QED) is 0.380. The van der Waals surface area contributed by atoms with E-state index in [9.17, 15) is 18.4 Å². The van der Waals surface area contributed by atoms with Crippen LogP contribution in [0.1, 0.15) is 77.6 Å². The molecule has 0 aromatic rings. The van der Waals surface area contributed by atoms with Gasteiger partial charge in [-0.15, -0.1) is 0 Å². The van der Waals surface area contributed by atoms with Crippen molar-refractivity contribution < 1.29 is 23.5 Å². The largest absolute Gasteiger partial charge is 0.481 e. The van der Waals surface area contributed by atoms with Crippen LogP contribution in [0.25, 0.3) is 0 Å². The van der Waals surface area contributed by atoms with Crippen LogP contribution in [0.15, 0.2) is 12.2 Å². The van der Waals surface area contributed by atoms with Crippen molar-refractivity contribution in [1.29, 1.82) is 0 Å². The van der Waals surface area contributed by atoms with Crippen molar-refractivity contribution in [2.45, 2.75) is 89.5 Å². The molecule has 1 rings (SSSR count). The van der Waals surface area contributed by atoms with Crippen molar-refractivity contribution in [2.75, 3.05) is 6.54 Å². The molecule has 0 aromatic carbocycles. The highest BCUT2D eigenvalue weighted by molar-refractivity contribution is 5.86. The number of rotatable bonds is 13. The lowest BCUT2D eigenvalue weighted by Gasteiger charge is -2.21. The topological polar surface area (TPSA) is 57.6 Å². The van der Waals surface area contributed by atoms with Crippen molar-refractivity contribution in [2.24, 2.45) is 0 Å². The molecule has 6 heteroatoms. The van der Waals surface area contributed by atoms with E-state index in [-0.39, 0.29) is 6.42 Å². The Morgan fingerprint density at radius 1 is 1.20 bits per heavy atom. The number of hydrogen-bond donors (Lipinski definition) is 1. The number of halogens is 2. The van der Waals surface area contributed by atoms with Crippen molar-refractivity contribution in [3.8, 4) is 0 Å². The van der Waals surface area contributed by atoms with Crippen LogP contribution in [0.5, 0.6) is 0 Å². The minimum Gasteiger partial charge on any atom is -0.481 e. The van der Waals surface area contributed by atoms with Gasteiger partial charge in [-0.1, -0.05) is 51.2 Å². The lowest BCUT2D eigenvalue weighted by Crippen LogP contribution is -2.36. The third-order valence-electron chi connectivity index (χ3n) is 4.56. The van der Waals surface area contributed by atoms with Crippen LogP contribution in [0.4, 0.5) is 8.78 Å². The van der Waals surface area contributed by atoms with Crippen molar-refractivity contribution in [1.82, 2.24) is 4.90 Å². The molecule has 1 aliphatic rings. The highest BCUT2D eigenvalue weighted by Gasteiger charge is 2.52. The Morgan fingerprint density at radius 2 is 1.88 bits per heavy atom. The number of nitrogens with zero attached hydrogens (tertiary/aromatic N) is 1. The number of amides is 1. The van der Waals surface area contributed by atoms with E-state index in [2.05, 4.69) is 6.92 Å². The third kappa shape index (κ3) is 7.97. The number of carbonyl (C=O) groups excluding carboxylic acids is 1. The summed E-state index contributed by atoms with van der Waals surface area (Å²) in [6, 6.07) is -0.521. The molecule has 0 bridgehead atoms. The molecule has 0 radical (unpaired) electrons. The van der Waals surface area contributed by atoms with Gasteiger partial charge in [0.05, 0.1) is 6.04 Å². The Hall–Kier alpha value is -1.46. The first-order valence-corrected chi connectivity index (χ1v) is 9.46. The molecule has 1 atom stereocenters. The SMILES string of the molecule is CCCCCC/C=C/C1CC(F)(F)C(=O)N1CCCCCCC(=O)O. The van der Waals surface area contributed by atoms with E-state index >= 15 is 0 Å². The average molecular weight is 359 g/mol. The summed E-state index contributed by atoms with van der Waals surface area (Å²) in [6.07, 6.45) is 11.5. The highest BCUT2D eigenvalue weighted by atomic mass is 19.3. The minimum absolute atomic E-state index is 0.129. The molecule has 0 aromatic heterocycles. The number of aliphatic carboxylic acids is 1. The van der Waals surface area contributed by atoms with Gasteiger partial charge in [0, 0.05) is 19.4 Å². The first-order valence-electron chi connectivity index (χ1n) is 9.46. The second-order valence-corrected chi connectivity index (χ2v) is 6.81. The van der Waals surface area contributed by atoms with Gasteiger partial charge < -0.3 is 10.0 Å². The van der Waals surface area contributed by atoms with Crippen LogP contribution in [0, 0.1) is 0 Å². The van der Waals surface area contributed by atoms with Crippen LogP contribution < -0.4 is 0 Å². The molecule has 1 N–H and O–H groups in total. The molecular formula is C19H31F2NO3. The van der Waals surface area contributed by atoms with E-state index in [1.807, 2.05) is 6.08 Å². The van der Waals surface area contributed by atoms with Gasteiger partial charge in [-0.2, -0.15) is 8.78 Å². The summed E-state index contributed by atoms with van der Waals surface area (Å²) < 4.78 is 27.5. The van der Waals surface area contributed by atoms with Gasteiger partial charge in [0.2, 0.25) is 0 Å². The second-order valence-electron chi connectivity index (χ2n) is 6.81. The normalized spacial score (nSPS) is 19.9. The molecule has 1 fully saturated rings. The summed E-state index contributed by atoms with van der Waals surface area (Å²) in [5, 5.41) is 8.58. The standard InChI is InChI=1S/C19H31F2NO3/c1-2-3-4-5-6-9-12-16-15-19(20,21)18(25)22(16)14-11-8-7-10-13-17(23)24/h9,12,16H,2-8,10-11,13-15H2,1H3,(H,23,24)/b12-9+. The van der Waals surface area contributed by atoms with Crippen LogP contribution >= 0.6 is 0 Å². The Kier molecular flexibility index (Phi) is 9.68. The smallest absolute Gasteiger partial charge is 0.327 e. The lowest BCUT2D eigenvalue weighted by molar-refractivity contribution is -0.148. The Labute approximate surface area is 149 Å². The molecule has 144 valence electrons. The molecule has 25 heavy (non-hydrogen) atoms. The summed E-state index contributed by atoms with van der Waals surface area (Å²) >= 11 is 0. The summed E-state index contributed by atoms with van der Waals surface area (Å²) in [5.74, 6) is -5.15. The monoisotopic (exact) mass is 359 g/mol. The predicted octanol–water partition coefficient (Wildman–Crippen LogP) is 4.78. The van der Waals surface area contributed by atoms with Gasteiger partial charge in [0.25, 0.3) is 5.91 Å². The third-order valence-corrected chi connectivity index (χ3v) is 4.56. The van der Waals surface area contributed by atoms with Crippen LogP contribution in [0.2, 0.25) is 0 Å². The van der Waals surface area contributed by atoms with Gasteiger partial charge in [-0.25, -0.2) is 0 Å². The summed E-state index contributed by atoms with van der Waals surface area (Å²) in [7, 11) is 0. The van der Waals surface area contributed by atoms with Crippen molar-refractivity contribution in [3.05, 3.63) is 12.2 Å². The van der Waals surface area contributed by atoms with Crippen molar-refractivity contribution >= 4 is 11.9 Å². The molecule has 0 saturated carbocycles. The lowest BCUT2D eigenvalue weighted by atomic mass is 10.1. The first kappa shape index (κ1) is 21.6. The van der Waals surface area contributed by atoms with E-state index in [0.29, 0.717) is 19.4 Å².